The highest BCUT2D eigenvalue weighted by molar-refractivity contribution is 9.10. The minimum Gasteiger partial charge on any atom is -0.487 e. The van der Waals surface area contributed by atoms with Crippen molar-refractivity contribution in [2.45, 2.75) is 43.7 Å². The Hall–Kier alpha value is -0.710. The number of aliphatic hydroxyl groups is 1. The Balaban J connectivity index is 1.86. The summed E-state index contributed by atoms with van der Waals surface area (Å²) in [5.41, 5.74) is 0. The molecule has 2 aliphatic rings. The molecule has 2 aliphatic heterocycles. The van der Waals surface area contributed by atoms with Gasteiger partial charge in [-0.1, -0.05) is 22.9 Å². The van der Waals surface area contributed by atoms with Gasteiger partial charge in [-0.15, -0.1) is 0 Å². The second kappa shape index (κ2) is 10.3. The molecule has 9 heteroatoms. The highest BCUT2D eigenvalue weighted by atomic mass is 79.9. The van der Waals surface area contributed by atoms with Gasteiger partial charge in [-0.05, 0) is 50.9 Å². The molecule has 0 spiro atoms. The first-order chi connectivity index (χ1) is 14.2. The summed E-state index contributed by atoms with van der Waals surface area (Å²) in [7, 11) is -1.68. The van der Waals surface area contributed by atoms with E-state index in [9.17, 15) is 13.5 Å². The Kier molecular flexibility index (Phi) is 8.20. The van der Waals surface area contributed by atoms with Crippen LogP contribution in [0.4, 0.5) is 0 Å². The summed E-state index contributed by atoms with van der Waals surface area (Å²) in [5, 5.41) is 9.69. The molecule has 30 heavy (non-hydrogen) atoms. The number of ether oxygens (including phenoxy) is 2. The summed E-state index contributed by atoms with van der Waals surface area (Å²) in [5.74, 6) is 0.925. The van der Waals surface area contributed by atoms with E-state index in [0.29, 0.717) is 24.8 Å². The molecular formula is C21H33BrN2O5S. The molecule has 1 N–H and O–H groups in total. The second-order valence-corrected chi connectivity index (χ2v) is 11.4. The first kappa shape index (κ1) is 23.9. The lowest BCUT2D eigenvalue weighted by molar-refractivity contribution is 0.0402. The van der Waals surface area contributed by atoms with Gasteiger partial charge in [0.25, 0.3) is 0 Å². The van der Waals surface area contributed by atoms with E-state index in [0.717, 1.165) is 37.1 Å². The molecule has 170 valence electrons. The number of hydrogen-bond donors (Lipinski definition) is 1. The fourth-order valence-corrected chi connectivity index (χ4v) is 6.33. The number of aliphatic hydroxyl groups excluding tert-OH is 1. The zero-order valence-corrected chi connectivity index (χ0v) is 20.4. The van der Waals surface area contributed by atoms with Crippen molar-refractivity contribution in [2.75, 3.05) is 46.5 Å². The number of sulfonamides is 1. The van der Waals surface area contributed by atoms with Crippen molar-refractivity contribution in [3.05, 3.63) is 22.7 Å². The van der Waals surface area contributed by atoms with Crippen molar-refractivity contribution >= 4 is 26.0 Å². The van der Waals surface area contributed by atoms with Crippen molar-refractivity contribution in [2.24, 2.45) is 11.8 Å². The van der Waals surface area contributed by atoms with Gasteiger partial charge >= 0.3 is 0 Å². The van der Waals surface area contributed by atoms with E-state index in [-0.39, 0.29) is 23.5 Å². The zero-order valence-electron chi connectivity index (χ0n) is 18.0. The van der Waals surface area contributed by atoms with Crippen LogP contribution < -0.4 is 4.74 Å². The Morgan fingerprint density at radius 2 is 2.00 bits per heavy atom. The maximum atomic E-state index is 13.3. The average molecular weight is 505 g/mol. The van der Waals surface area contributed by atoms with Gasteiger partial charge in [-0.25, -0.2) is 8.42 Å². The van der Waals surface area contributed by atoms with Gasteiger partial charge in [0, 0.05) is 49.3 Å². The Labute approximate surface area is 188 Å². The molecule has 1 aromatic carbocycles. The third-order valence-corrected chi connectivity index (χ3v) is 8.54. The Morgan fingerprint density at radius 1 is 1.30 bits per heavy atom. The van der Waals surface area contributed by atoms with Crippen LogP contribution in [0.25, 0.3) is 0 Å². The van der Waals surface area contributed by atoms with E-state index in [4.69, 9.17) is 9.47 Å². The zero-order chi connectivity index (χ0) is 21.9. The number of likely N-dealkylation sites (N-methyl/N-ethyl adjacent to an activating group) is 1. The molecule has 1 saturated heterocycles. The predicted molar refractivity (Wildman–Crippen MR) is 119 cm³/mol. The van der Waals surface area contributed by atoms with Gasteiger partial charge in [-0.3, -0.25) is 0 Å². The topological polar surface area (TPSA) is 79.3 Å². The highest BCUT2D eigenvalue weighted by Crippen LogP contribution is 2.35. The van der Waals surface area contributed by atoms with Crippen LogP contribution in [-0.4, -0.2) is 81.4 Å². The maximum Gasteiger partial charge on any atom is 0.247 e. The number of fused-ring (bicyclic) bond motifs is 1. The fraction of sp³-hybridized carbons (Fsp3) is 0.714. The van der Waals surface area contributed by atoms with Gasteiger partial charge in [0.15, 0.2) is 0 Å². The van der Waals surface area contributed by atoms with E-state index < -0.39 is 16.1 Å². The van der Waals surface area contributed by atoms with Gasteiger partial charge in [-0.2, -0.15) is 4.31 Å². The molecule has 3 rings (SSSR count). The SMILES string of the molecule is C[C@H]1CN([C@@H](C)CO)S(=O)(=O)c2ccc(Br)cc2O[C@H]1CN(C)CC1CCOCC1. The number of nitrogens with zero attached hydrogens (tertiary/aromatic N) is 2. The highest BCUT2D eigenvalue weighted by Gasteiger charge is 2.38. The molecule has 2 heterocycles. The van der Waals surface area contributed by atoms with E-state index in [1.54, 1.807) is 25.1 Å². The molecule has 0 saturated carbocycles. The Morgan fingerprint density at radius 3 is 2.67 bits per heavy atom. The lowest BCUT2D eigenvalue weighted by Gasteiger charge is -2.38. The van der Waals surface area contributed by atoms with Crippen LogP contribution in [0.5, 0.6) is 5.75 Å². The molecule has 7 nitrogen and oxygen atoms in total. The molecule has 0 bridgehead atoms. The van der Waals surface area contributed by atoms with Crippen LogP contribution in [-0.2, 0) is 14.8 Å². The first-order valence-corrected chi connectivity index (χ1v) is 12.8. The van der Waals surface area contributed by atoms with Crippen LogP contribution >= 0.6 is 15.9 Å². The van der Waals surface area contributed by atoms with Crippen LogP contribution in [0.3, 0.4) is 0 Å². The smallest absolute Gasteiger partial charge is 0.247 e. The molecule has 0 amide bonds. The number of halogens is 1. The summed E-state index contributed by atoms with van der Waals surface area (Å²) in [4.78, 5) is 2.43. The van der Waals surface area contributed by atoms with Crippen LogP contribution in [0.1, 0.15) is 26.7 Å². The molecule has 3 atom stereocenters. The van der Waals surface area contributed by atoms with Crippen molar-refractivity contribution in [3.8, 4) is 5.75 Å². The van der Waals surface area contributed by atoms with Crippen LogP contribution in [0.2, 0.25) is 0 Å². The number of rotatable bonds is 6. The molecule has 1 aromatic rings. The summed E-state index contributed by atoms with van der Waals surface area (Å²) in [6, 6.07) is 4.49. The summed E-state index contributed by atoms with van der Waals surface area (Å²) >= 11 is 3.43. The van der Waals surface area contributed by atoms with Crippen LogP contribution in [0.15, 0.2) is 27.6 Å². The normalized spacial score (nSPS) is 26.5. The standard InChI is InChI=1S/C21H33BrN2O5S/c1-15-11-24(16(2)14-25)30(26,27)21-5-4-18(22)10-19(21)29-20(15)13-23(3)12-17-6-8-28-9-7-17/h4-5,10,15-17,20,25H,6-9,11-14H2,1-3H3/t15-,16-,20-/m0/s1. The van der Waals surface area contributed by atoms with Crippen molar-refractivity contribution in [3.63, 3.8) is 0 Å². The minimum atomic E-state index is -3.78. The van der Waals surface area contributed by atoms with Crippen LogP contribution in [0, 0.1) is 11.8 Å². The van der Waals surface area contributed by atoms with Gasteiger partial charge in [0.2, 0.25) is 10.0 Å². The molecule has 0 radical (unpaired) electrons. The third kappa shape index (κ3) is 5.55. The van der Waals surface area contributed by atoms with E-state index >= 15 is 0 Å². The van der Waals surface area contributed by atoms with Crippen molar-refractivity contribution in [1.29, 1.82) is 0 Å². The largest absolute Gasteiger partial charge is 0.487 e. The lowest BCUT2D eigenvalue weighted by atomic mass is 9.98. The maximum absolute atomic E-state index is 13.3. The van der Waals surface area contributed by atoms with E-state index in [1.807, 2.05) is 6.92 Å². The summed E-state index contributed by atoms with van der Waals surface area (Å²) in [6.45, 7) is 7.13. The lowest BCUT2D eigenvalue weighted by Crippen LogP contribution is -2.50. The molecule has 0 aliphatic carbocycles. The molecule has 0 aromatic heterocycles. The van der Waals surface area contributed by atoms with Gasteiger partial charge in [0.1, 0.15) is 16.7 Å². The van der Waals surface area contributed by atoms with Crippen molar-refractivity contribution < 1.29 is 23.0 Å². The molecular weight excluding hydrogens is 472 g/mol. The first-order valence-electron chi connectivity index (χ1n) is 10.6. The van der Waals surface area contributed by atoms with E-state index in [2.05, 4.69) is 27.9 Å². The average Bonchev–Trinajstić information content (AvgIpc) is 2.70. The molecule has 1 fully saturated rings. The quantitative estimate of drug-likeness (QED) is 0.641. The fourth-order valence-electron chi connectivity index (χ4n) is 4.17. The Bertz CT molecular complexity index is 816. The predicted octanol–water partition coefficient (Wildman–Crippen LogP) is 2.58. The monoisotopic (exact) mass is 504 g/mol. The summed E-state index contributed by atoms with van der Waals surface area (Å²) in [6.07, 6.45) is 1.97. The van der Waals surface area contributed by atoms with E-state index in [1.165, 1.54) is 4.31 Å². The second-order valence-electron chi connectivity index (χ2n) is 8.61. The minimum absolute atomic E-state index is 0.0435. The van der Waals surface area contributed by atoms with Crippen molar-refractivity contribution in [1.82, 2.24) is 9.21 Å². The number of benzene rings is 1. The molecule has 0 unspecified atom stereocenters. The van der Waals surface area contributed by atoms with Gasteiger partial charge < -0.3 is 19.5 Å². The number of hydrogen-bond acceptors (Lipinski definition) is 6. The third-order valence-electron chi connectivity index (χ3n) is 6.03. The summed E-state index contributed by atoms with van der Waals surface area (Å²) < 4.78 is 40.6. The van der Waals surface area contributed by atoms with Gasteiger partial charge in [0.05, 0.1) is 6.61 Å².